The fraction of sp³-hybridized carbons (Fsp3) is 0.0667. The normalized spacial score (nSPS) is 10.7. The molecule has 0 aliphatic carbocycles. The Balaban J connectivity index is 2.33. The summed E-state index contributed by atoms with van der Waals surface area (Å²) in [5.74, 6) is -0.651. The van der Waals surface area contributed by atoms with Crippen LogP contribution in [0.5, 0.6) is 5.88 Å². The summed E-state index contributed by atoms with van der Waals surface area (Å²) in [6, 6.07) is 8.80. The van der Waals surface area contributed by atoms with Crippen molar-refractivity contribution in [3.63, 3.8) is 0 Å². The Morgan fingerprint density at radius 2 is 2.00 bits per heavy atom. The number of methoxy groups -OCH3 is 1. The topological polar surface area (TPSA) is 59.4 Å². The van der Waals surface area contributed by atoms with Crippen molar-refractivity contribution in [1.82, 2.24) is 4.98 Å². The number of hydrogen-bond acceptors (Lipinski definition) is 3. The van der Waals surface area contributed by atoms with E-state index in [9.17, 15) is 4.79 Å². The number of halogens is 1. The molecule has 0 bridgehead atoms. The van der Waals surface area contributed by atoms with Crippen LogP contribution in [0.3, 0.4) is 0 Å². The average molecular weight is 290 g/mol. The molecule has 1 aromatic heterocycles. The van der Waals surface area contributed by atoms with Crippen molar-refractivity contribution >= 4 is 29.7 Å². The van der Waals surface area contributed by atoms with Gasteiger partial charge in [0.15, 0.2) is 0 Å². The van der Waals surface area contributed by atoms with E-state index < -0.39 is 5.97 Å². The number of benzene rings is 1. The molecule has 1 N–H and O–H groups in total. The van der Waals surface area contributed by atoms with Crippen molar-refractivity contribution in [2.24, 2.45) is 0 Å². The van der Waals surface area contributed by atoms with Gasteiger partial charge in [-0.05, 0) is 29.8 Å². The third-order valence-corrected chi connectivity index (χ3v) is 2.90. The van der Waals surface area contributed by atoms with E-state index in [1.54, 1.807) is 18.2 Å². The number of hydrogen-bond donors (Lipinski definition) is 1. The first-order valence-electron chi connectivity index (χ1n) is 5.81. The van der Waals surface area contributed by atoms with Crippen LogP contribution in [0.25, 0.3) is 12.2 Å². The molecule has 0 radical (unpaired) electrons. The average Bonchev–Trinajstić information content (AvgIpc) is 2.46. The minimum atomic E-state index is -1.03. The highest BCUT2D eigenvalue weighted by atomic mass is 35.5. The van der Waals surface area contributed by atoms with Crippen molar-refractivity contribution in [1.29, 1.82) is 0 Å². The lowest BCUT2D eigenvalue weighted by atomic mass is 10.1. The monoisotopic (exact) mass is 289 g/mol. The van der Waals surface area contributed by atoms with Crippen LogP contribution in [0.4, 0.5) is 0 Å². The van der Waals surface area contributed by atoms with Crippen molar-refractivity contribution < 1.29 is 14.6 Å². The van der Waals surface area contributed by atoms with Gasteiger partial charge in [-0.3, -0.25) is 0 Å². The van der Waals surface area contributed by atoms with E-state index in [0.29, 0.717) is 16.5 Å². The Bertz CT molecular complexity index is 651. The molecule has 1 aromatic carbocycles. The highest BCUT2D eigenvalue weighted by molar-refractivity contribution is 6.30. The predicted octanol–water partition coefficient (Wildman–Crippen LogP) is 3.61. The predicted molar refractivity (Wildman–Crippen MR) is 78.1 cm³/mol. The first-order chi connectivity index (χ1) is 9.60. The maximum Gasteiger partial charge on any atom is 0.337 e. The summed E-state index contributed by atoms with van der Waals surface area (Å²) in [5, 5.41) is 9.63. The molecule has 0 unspecified atom stereocenters. The van der Waals surface area contributed by atoms with Crippen LogP contribution in [0.15, 0.2) is 36.5 Å². The highest BCUT2D eigenvalue weighted by Crippen LogP contribution is 2.20. The van der Waals surface area contributed by atoms with Gasteiger partial charge in [0.1, 0.15) is 0 Å². The third-order valence-electron chi connectivity index (χ3n) is 2.64. The Morgan fingerprint density at radius 1 is 1.30 bits per heavy atom. The standard InChI is InChI=1S/C15H12ClNO3/c1-20-14-11(8-12(9-17-14)15(18)19)5-2-10-3-6-13(16)7-4-10/h2-9H,1H3,(H,18,19)/b5-2+. The summed E-state index contributed by atoms with van der Waals surface area (Å²) in [6.45, 7) is 0. The summed E-state index contributed by atoms with van der Waals surface area (Å²) in [4.78, 5) is 14.9. The number of pyridine rings is 1. The summed E-state index contributed by atoms with van der Waals surface area (Å²) in [7, 11) is 1.49. The number of rotatable bonds is 4. The smallest absolute Gasteiger partial charge is 0.337 e. The minimum Gasteiger partial charge on any atom is -0.481 e. The number of carbonyl (C=O) groups is 1. The van der Waals surface area contributed by atoms with Crippen LogP contribution in [-0.2, 0) is 0 Å². The van der Waals surface area contributed by atoms with Gasteiger partial charge in [-0.2, -0.15) is 0 Å². The fourth-order valence-corrected chi connectivity index (χ4v) is 1.76. The Kier molecular flexibility index (Phi) is 4.38. The van der Waals surface area contributed by atoms with Crippen LogP contribution in [-0.4, -0.2) is 23.2 Å². The summed E-state index contributed by atoms with van der Waals surface area (Å²) in [5.41, 5.74) is 1.65. The summed E-state index contributed by atoms with van der Waals surface area (Å²) < 4.78 is 5.11. The van der Waals surface area contributed by atoms with Crippen LogP contribution in [0.2, 0.25) is 5.02 Å². The quantitative estimate of drug-likeness (QED) is 0.934. The Hall–Kier alpha value is -2.33. The van der Waals surface area contributed by atoms with Crippen LogP contribution in [0, 0.1) is 0 Å². The van der Waals surface area contributed by atoms with Gasteiger partial charge in [0, 0.05) is 16.8 Å². The van der Waals surface area contributed by atoms with E-state index in [1.807, 2.05) is 18.2 Å². The van der Waals surface area contributed by atoms with Gasteiger partial charge in [0.2, 0.25) is 5.88 Å². The lowest BCUT2D eigenvalue weighted by Crippen LogP contribution is -2.00. The number of carboxylic acid groups (broad SMARTS) is 1. The second kappa shape index (κ2) is 6.21. The number of nitrogens with zero attached hydrogens (tertiary/aromatic N) is 1. The Morgan fingerprint density at radius 3 is 2.60 bits per heavy atom. The summed E-state index contributed by atoms with van der Waals surface area (Å²) in [6.07, 6.45) is 4.85. The molecule has 5 heteroatoms. The molecule has 0 fully saturated rings. The van der Waals surface area contributed by atoms with Gasteiger partial charge in [-0.25, -0.2) is 9.78 Å². The molecule has 0 aliphatic heterocycles. The van der Waals surface area contributed by atoms with E-state index >= 15 is 0 Å². The molecule has 0 aliphatic rings. The SMILES string of the molecule is COc1ncc(C(=O)O)cc1/C=C/c1ccc(Cl)cc1. The van der Waals surface area contributed by atoms with Crippen molar-refractivity contribution in [2.45, 2.75) is 0 Å². The van der Waals surface area contributed by atoms with Crippen molar-refractivity contribution in [2.75, 3.05) is 7.11 Å². The van der Waals surface area contributed by atoms with Gasteiger partial charge in [-0.15, -0.1) is 0 Å². The van der Waals surface area contributed by atoms with Crippen molar-refractivity contribution in [3.8, 4) is 5.88 Å². The zero-order valence-corrected chi connectivity index (χ0v) is 11.5. The first kappa shape index (κ1) is 14.1. The van der Waals surface area contributed by atoms with E-state index in [1.165, 1.54) is 19.4 Å². The molecule has 0 saturated carbocycles. The molecule has 2 rings (SSSR count). The van der Waals surface area contributed by atoms with Crippen LogP contribution in [0.1, 0.15) is 21.5 Å². The van der Waals surface area contributed by atoms with E-state index in [-0.39, 0.29) is 5.56 Å². The van der Waals surface area contributed by atoms with Crippen LogP contribution < -0.4 is 4.74 Å². The summed E-state index contributed by atoms with van der Waals surface area (Å²) >= 11 is 5.81. The van der Waals surface area contributed by atoms with Gasteiger partial charge < -0.3 is 9.84 Å². The highest BCUT2D eigenvalue weighted by Gasteiger charge is 2.08. The second-order valence-electron chi connectivity index (χ2n) is 4.01. The third kappa shape index (κ3) is 3.36. The van der Waals surface area contributed by atoms with E-state index in [4.69, 9.17) is 21.4 Å². The number of aromatic nitrogens is 1. The van der Waals surface area contributed by atoms with E-state index in [0.717, 1.165) is 5.56 Å². The zero-order chi connectivity index (χ0) is 14.5. The Labute approximate surface area is 121 Å². The number of ether oxygens (including phenoxy) is 1. The fourth-order valence-electron chi connectivity index (χ4n) is 1.64. The molecular weight excluding hydrogens is 278 g/mol. The molecule has 2 aromatic rings. The lowest BCUT2D eigenvalue weighted by molar-refractivity contribution is 0.0696. The first-order valence-corrected chi connectivity index (χ1v) is 6.19. The van der Waals surface area contributed by atoms with Gasteiger partial charge in [-0.1, -0.05) is 29.8 Å². The largest absolute Gasteiger partial charge is 0.481 e. The van der Waals surface area contributed by atoms with Crippen molar-refractivity contribution in [3.05, 3.63) is 58.2 Å². The van der Waals surface area contributed by atoms with Gasteiger partial charge in [0.25, 0.3) is 0 Å². The maximum atomic E-state index is 10.9. The zero-order valence-electron chi connectivity index (χ0n) is 10.7. The van der Waals surface area contributed by atoms with Crippen LogP contribution >= 0.6 is 11.6 Å². The number of carboxylic acids is 1. The molecule has 0 amide bonds. The molecule has 1 heterocycles. The lowest BCUT2D eigenvalue weighted by Gasteiger charge is -2.04. The molecule has 0 saturated heterocycles. The second-order valence-corrected chi connectivity index (χ2v) is 4.45. The molecular formula is C15H12ClNO3. The molecule has 20 heavy (non-hydrogen) atoms. The van der Waals surface area contributed by atoms with Gasteiger partial charge in [0.05, 0.1) is 12.7 Å². The molecule has 102 valence electrons. The minimum absolute atomic E-state index is 0.113. The maximum absolute atomic E-state index is 10.9. The van der Waals surface area contributed by atoms with Gasteiger partial charge >= 0.3 is 5.97 Å². The molecule has 4 nitrogen and oxygen atoms in total. The molecule has 0 spiro atoms. The van der Waals surface area contributed by atoms with E-state index in [2.05, 4.69) is 4.98 Å². The molecule has 0 atom stereocenters. The number of aromatic carboxylic acids is 1.